The highest BCUT2D eigenvalue weighted by atomic mass is 19.1. The van der Waals surface area contributed by atoms with Crippen LogP contribution in [0.2, 0.25) is 0 Å². The Morgan fingerprint density at radius 2 is 2.13 bits per heavy atom. The van der Waals surface area contributed by atoms with Gasteiger partial charge in [-0.15, -0.1) is 0 Å². The van der Waals surface area contributed by atoms with Gasteiger partial charge in [0, 0.05) is 18.7 Å². The summed E-state index contributed by atoms with van der Waals surface area (Å²) in [5, 5.41) is 13.8. The third-order valence-electron chi connectivity index (χ3n) is 3.49. The SMILES string of the molecule is CCc1ccc(F)c(-n2nnn(C)c2=O)c1COc1ccn[nH]1. The maximum atomic E-state index is 14.4. The normalized spacial score (nSPS) is 10.9. The maximum Gasteiger partial charge on any atom is 0.368 e. The average molecular weight is 318 g/mol. The van der Waals surface area contributed by atoms with Crippen LogP contribution in [0.5, 0.6) is 5.88 Å². The van der Waals surface area contributed by atoms with Crippen molar-refractivity contribution in [1.82, 2.24) is 30.0 Å². The summed E-state index contributed by atoms with van der Waals surface area (Å²) in [6, 6.07) is 4.64. The molecule has 0 unspecified atom stereocenters. The number of benzene rings is 1. The number of aryl methyl sites for hydroxylation is 2. The molecule has 3 aromatic rings. The van der Waals surface area contributed by atoms with Gasteiger partial charge in [-0.05, 0) is 28.5 Å². The van der Waals surface area contributed by atoms with E-state index in [2.05, 4.69) is 20.6 Å². The van der Waals surface area contributed by atoms with Crippen molar-refractivity contribution in [1.29, 1.82) is 0 Å². The molecule has 0 bridgehead atoms. The molecule has 0 spiro atoms. The van der Waals surface area contributed by atoms with E-state index in [1.807, 2.05) is 6.92 Å². The molecule has 0 fully saturated rings. The molecular weight excluding hydrogens is 303 g/mol. The van der Waals surface area contributed by atoms with E-state index in [1.54, 1.807) is 18.3 Å². The third-order valence-corrected chi connectivity index (χ3v) is 3.49. The molecule has 1 N–H and O–H groups in total. The lowest BCUT2D eigenvalue weighted by Crippen LogP contribution is -2.24. The zero-order valence-corrected chi connectivity index (χ0v) is 12.7. The van der Waals surface area contributed by atoms with Crippen LogP contribution in [0, 0.1) is 5.82 Å². The van der Waals surface area contributed by atoms with Crippen LogP contribution >= 0.6 is 0 Å². The summed E-state index contributed by atoms with van der Waals surface area (Å²) < 4.78 is 22.0. The van der Waals surface area contributed by atoms with Crippen LogP contribution in [-0.4, -0.2) is 30.0 Å². The van der Waals surface area contributed by atoms with E-state index in [0.29, 0.717) is 17.9 Å². The van der Waals surface area contributed by atoms with E-state index in [9.17, 15) is 9.18 Å². The van der Waals surface area contributed by atoms with Crippen LogP contribution in [-0.2, 0) is 20.1 Å². The Hall–Kier alpha value is -2.97. The average Bonchev–Trinajstić information content (AvgIpc) is 3.17. The molecule has 0 atom stereocenters. The lowest BCUT2D eigenvalue weighted by molar-refractivity contribution is 0.291. The van der Waals surface area contributed by atoms with Gasteiger partial charge in [0.25, 0.3) is 0 Å². The van der Waals surface area contributed by atoms with Gasteiger partial charge < -0.3 is 4.74 Å². The number of tetrazole rings is 1. The van der Waals surface area contributed by atoms with Crippen LogP contribution < -0.4 is 10.4 Å². The number of nitrogens with one attached hydrogen (secondary N) is 1. The Balaban J connectivity index is 2.10. The lowest BCUT2D eigenvalue weighted by atomic mass is 10.0. The molecule has 0 aliphatic carbocycles. The van der Waals surface area contributed by atoms with E-state index in [0.717, 1.165) is 14.9 Å². The minimum absolute atomic E-state index is 0.0574. The van der Waals surface area contributed by atoms with E-state index < -0.39 is 11.5 Å². The van der Waals surface area contributed by atoms with Crippen molar-refractivity contribution >= 4 is 0 Å². The van der Waals surface area contributed by atoms with Crippen molar-refractivity contribution in [2.24, 2.45) is 7.05 Å². The van der Waals surface area contributed by atoms with Gasteiger partial charge in [0.2, 0.25) is 5.88 Å². The number of hydrogen-bond acceptors (Lipinski definition) is 5. The molecule has 0 saturated carbocycles. The van der Waals surface area contributed by atoms with Crippen molar-refractivity contribution in [2.45, 2.75) is 20.0 Å². The first kappa shape index (κ1) is 14.9. The summed E-state index contributed by atoms with van der Waals surface area (Å²) >= 11 is 0. The Morgan fingerprint density at radius 3 is 2.74 bits per heavy atom. The summed E-state index contributed by atoms with van der Waals surface area (Å²) in [6.45, 7) is 2.01. The number of ether oxygens (including phenoxy) is 1. The van der Waals surface area contributed by atoms with Crippen LogP contribution in [0.4, 0.5) is 4.39 Å². The van der Waals surface area contributed by atoms with E-state index in [-0.39, 0.29) is 12.3 Å². The molecule has 0 radical (unpaired) electrons. The predicted octanol–water partition coefficient (Wildman–Crippen LogP) is 0.970. The molecule has 2 aromatic heterocycles. The smallest absolute Gasteiger partial charge is 0.368 e. The monoisotopic (exact) mass is 318 g/mol. The molecule has 0 aliphatic rings. The minimum atomic E-state index is -0.562. The van der Waals surface area contributed by atoms with Crippen LogP contribution in [0.3, 0.4) is 0 Å². The van der Waals surface area contributed by atoms with Crippen LogP contribution in [0.25, 0.3) is 5.69 Å². The zero-order valence-electron chi connectivity index (χ0n) is 12.7. The number of halogens is 1. The highest BCUT2D eigenvalue weighted by Gasteiger charge is 2.19. The fraction of sp³-hybridized carbons (Fsp3) is 0.286. The van der Waals surface area contributed by atoms with Crippen molar-refractivity contribution in [3.63, 3.8) is 0 Å². The number of H-pyrrole nitrogens is 1. The van der Waals surface area contributed by atoms with Gasteiger partial charge in [-0.2, -0.15) is 14.5 Å². The van der Waals surface area contributed by atoms with E-state index >= 15 is 0 Å². The maximum absolute atomic E-state index is 14.4. The molecule has 9 heteroatoms. The zero-order chi connectivity index (χ0) is 16.4. The fourth-order valence-electron chi connectivity index (χ4n) is 2.30. The van der Waals surface area contributed by atoms with Gasteiger partial charge >= 0.3 is 5.69 Å². The van der Waals surface area contributed by atoms with Crippen molar-refractivity contribution in [3.8, 4) is 11.6 Å². The van der Waals surface area contributed by atoms with Crippen molar-refractivity contribution in [3.05, 3.63) is 51.8 Å². The van der Waals surface area contributed by atoms with Crippen LogP contribution in [0.1, 0.15) is 18.1 Å². The molecule has 1 aromatic carbocycles. The van der Waals surface area contributed by atoms with Gasteiger partial charge in [-0.1, -0.05) is 13.0 Å². The molecule has 0 amide bonds. The van der Waals surface area contributed by atoms with Crippen molar-refractivity contribution < 1.29 is 9.13 Å². The standard InChI is InChI=1S/C14H15FN6O2/c1-3-9-4-5-11(15)13(21-14(22)20(2)18-19-21)10(9)8-23-12-6-7-16-17-12/h4-7H,3,8H2,1-2H3,(H,16,17). The molecule has 120 valence electrons. The summed E-state index contributed by atoms with van der Waals surface area (Å²) in [4.78, 5) is 12.1. The Bertz CT molecular complexity index is 868. The van der Waals surface area contributed by atoms with Crippen LogP contribution in [0.15, 0.2) is 29.2 Å². The summed E-state index contributed by atoms with van der Waals surface area (Å²) in [5.74, 6) is -0.109. The second-order valence-corrected chi connectivity index (χ2v) is 4.89. The quantitative estimate of drug-likeness (QED) is 0.757. The number of hydrogen-bond donors (Lipinski definition) is 1. The van der Waals surface area contributed by atoms with Gasteiger partial charge in [-0.25, -0.2) is 14.3 Å². The number of aromatic amines is 1. The first-order valence-electron chi connectivity index (χ1n) is 7.03. The molecule has 0 saturated heterocycles. The summed E-state index contributed by atoms with van der Waals surface area (Å²) in [6.07, 6.45) is 2.21. The van der Waals surface area contributed by atoms with Gasteiger partial charge in [0.05, 0.1) is 6.20 Å². The minimum Gasteiger partial charge on any atom is -0.473 e. The van der Waals surface area contributed by atoms with Gasteiger partial charge in [0.1, 0.15) is 18.1 Å². The van der Waals surface area contributed by atoms with E-state index in [4.69, 9.17) is 4.74 Å². The van der Waals surface area contributed by atoms with Crippen molar-refractivity contribution in [2.75, 3.05) is 0 Å². The molecular formula is C14H15FN6O2. The third kappa shape index (κ3) is 2.72. The topological polar surface area (TPSA) is 90.6 Å². The first-order chi connectivity index (χ1) is 11.1. The second-order valence-electron chi connectivity index (χ2n) is 4.89. The second kappa shape index (κ2) is 6.03. The molecule has 3 rings (SSSR count). The molecule has 0 aliphatic heterocycles. The number of aromatic nitrogens is 6. The molecule has 23 heavy (non-hydrogen) atoms. The van der Waals surface area contributed by atoms with E-state index in [1.165, 1.54) is 13.1 Å². The Morgan fingerprint density at radius 1 is 1.30 bits per heavy atom. The lowest BCUT2D eigenvalue weighted by Gasteiger charge is -2.14. The van der Waals surface area contributed by atoms with Gasteiger partial charge in [-0.3, -0.25) is 0 Å². The predicted molar refractivity (Wildman–Crippen MR) is 78.9 cm³/mol. The Kier molecular flexibility index (Phi) is 3.92. The molecule has 8 nitrogen and oxygen atoms in total. The highest BCUT2D eigenvalue weighted by Crippen LogP contribution is 2.23. The fourth-order valence-corrected chi connectivity index (χ4v) is 2.30. The first-order valence-corrected chi connectivity index (χ1v) is 7.03. The summed E-state index contributed by atoms with van der Waals surface area (Å²) in [5.41, 5.74) is 0.935. The Labute approximate surface area is 130 Å². The molecule has 2 heterocycles. The largest absolute Gasteiger partial charge is 0.473 e. The summed E-state index contributed by atoms with van der Waals surface area (Å²) in [7, 11) is 1.45. The number of rotatable bonds is 5. The number of nitrogens with zero attached hydrogens (tertiary/aromatic N) is 5. The van der Waals surface area contributed by atoms with Gasteiger partial charge in [0.15, 0.2) is 0 Å². The highest BCUT2D eigenvalue weighted by molar-refractivity contribution is 5.46.